The number of aromatic nitrogens is 1. The van der Waals surface area contributed by atoms with Gasteiger partial charge in [0.05, 0.1) is 16.7 Å². The maximum Gasteiger partial charge on any atom is 0.417 e. The molecule has 1 fully saturated rings. The summed E-state index contributed by atoms with van der Waals surface area (Å²) in [5.74, 6) is -0.489. The van der Waals surface area contributed by atoms with Gasteiger partial charge in [0.2, 0.25) is 0 Å². The summed E-state index contributed by atoms with van der Waals surface area (Å²) in [7, 11) is 0. The number of halogens is 3. The summed E-state index contributed by atoms with van der Waals surface area (Å²) in [6, 6.07) is 0.863. The van der Waals surface area contributed by atoms with E-state index in [4.69, 9.17) is 0 Å². The highest BCUT2D eigenvalue weighted by Gasteiger charge is 2.44. The van der Waals surface area contributed by atoms with Gasteiger partial charge in [-0.25, -0.2) is 0 Å². The van der Waals surface area contributed by atoms with E-state index in [2.05, 4.69) is 10.3 Å². The van der Waals surface area contributed by atoms with Gasteiger partial charge in [0.1, 0.15) is 0 Å². The van der Waals surface area contributed by atoms with Crippen LogP contribution in [0.1, 0.15) is 48.5 Å². The normalized spacial score (nSPS) is 23.0. The lowest BCUT2D eigenvalue weighted by Gasteiger charge is -2.28. The number of carbonyl (C=O) groups is 1. The van der Waals surface area contributed by atoms with Gasteiger partial charge in [-0.3, -0.25) is 9.78 Å². The van der Waals surface area contributed by atoms with Crippen LogP contribution in [0.3, 0.4) is 0 Å². The fourth-order valence-electron chi connectivity index (χ4n) is 2.83. The number of hydrogen-bond donors (Lipinski definition) is 1. The average Bonchev–Trinajstić information content (AvgIpc) is 2.87. The third-order valence-electron chi connectivity index (χ3n) is 3.73. The highest BCUT2D eigenvalue weighted by molar-refractivity contribution is 6.04. The first-order chi connectivity index (χ1) is 9.41. The first-order valence-corrected chi connectivity index (χ1v) is 6.72. The zero-order chi connectivity index (χ0) is 14.8. The van der Waals surface area contributed by atoms with E-state index in [-0.39, 0.29) is 5.56 Å². The Balaban J connectivity index is 2.43. The van der Waals surface area contributed by atoms with E-state index < -0.39 is 23.1 Å². The molecular weight excluding hydrogens is 269 g/mol. The lowest BCUT2D eigenvalue weighted by Crippen LogP contribution is -2.48. The quantitative estimate of drug-likeness (QED) is 0.864. The summed E-state index contributed by atoms with van der Waals surface area (Å²) in [5.41, 5.74) is -2.10. The Morgan fingerprint density at radius 2 is 2.25 bits per heavy atom. The van der Waals surface area contributed by atoms with Crippen LogP contribution in [0.2, 0.25) is 0 Å². The van der Waals surface area contributed by atoms with E-state index in [1.165, 1.54) is 0 Å². The standard InChI is InChI=1S/C14H17F3N2O/c1-2-5-13(6-3-7-19-13)12(20)10-9-18-8-4-11(10)14(15,16)17/h4,8-9,19H,2-3,5-7H2,1H3. The minimum absolute atomic E-state index is 0.331. The molecule has 0 aromatic carbocycles. The SMILES string of the molecule is CCCC1(C(=O)c2cnccc2C(F)(F)F)CCCN1. The number of alkyl halides is 3. The van der Waals surface area contributed by atoms with Crippen molar-refractivity contribution < 1.29 is 18.0 Å². The maximum absolute atomic E-state index is 13.0. The van der Waals surface area contributed by atoms with Crippen molar-refractivity contribution in [2.75, 3.05) is 6.54 Å². The Bertz CT molecular complexity index is 493. The van der Waals surface area contributed by atoms with Gasteiger partial charge < -0.3 is 5.32 Å². The molecule has 1 atom stereocenters. The minimum atomic E-state index is -4.54. The van der Waals surface area contributed by atoms with Gasteiger partial charge in [-0.15, -0.1) is 0 Å². The van der Waals surface area contributed by atoms with E-state index in [1.807, 2.05) is 6.92 Å². The molecule has 1 N–H and O–H groups in total. The number of rotatable bonds is 4. The zero-order valence-corrected chi connectivity index (χ0v) is 11.3. The molecule has 20 heavy (non-hydrogen) atoms. The van der Waals surface area contributed by atoms with Crippen LogP contribution >= 0.6 is 0 Å². The summed E-state index contributed by atoms with van der Waals surface area (Å²) in [5, 5.41) is 3.10. The van der Waals surface area contributed by atoms with Crippen LogP contribution in [-0.4, -0.2) is 22.9 Å². The highest BCUT2D eigenvalue weighted by atomic mass is 19.4. The molecule has 1 aliphatic rings. The molecule has 0 radical (unpaired) electrons. The van der Waals surface area contributed by atoms with Crippen LogP contribution in [0.4, 0.5) is 13.2 Å². The number of ketones is 1. The number of nitrogens with one attached hydrogen (secondary N) is 1. The largest absolute Gasteiger partial charge is 0.417 e. The molecule has 0 saturated carbocycles. The number of carbonyl (C=O) groups excluding carboxylic acids is 1. The molecule has 1 aliphatic heterocycles. The number of Topliss-reactive ketones (excluding diaryl/α,β-unsaturated/α-hetero) is 1. The van der Waals surface area contributed by atoms with Crippen molar-refractivity contribution in [3.63, 3.8) is 0 Å². The molecule has 2 rings (SSSR count). The molecule has 1 aromatic rings. The summed E-state index contributed by atoms with van der Waals surface area (Å²) in [6.07, 6.45) is 0.203. The molecule has 0 amide bonds. The van der Waals surface area contributed by atoms with Gasteiger partial charge >= 0.3 is 6.18 Å². The van der Waals surface area contributed by atoms with Crippen molar-refractivity contribution in [2.24, 2.45) is 0 Å². The maximum atomic E-state index is 13.0. The lowest BCUT2D eigenvalue weighted by molar-refractivity contribution is -0.138. The molecular formula is C14H17F3N2O. The van der Waals surface area contributed by atoms with Crippen molar-refractivity contribution in [3.8, 4) is 0 Å². The second-order valence-corrected chi connectivity index (χ2v) is 5.11. The molecule has 2 heterocycles. The van der Waals surface area contributed by atoms with Gasteiger partial charge in [-0.1, -0.05) is 13.3 Å². The molecule has 0 bridgehead atoms. The van der Waals surface area contributed by atoms with Gasteiger partial charge in [-0.2, -0.15) is 13.2 Å². The van der Waals surface area contributed by atoms with E-state index >= 15 is 0 Å². The van der Waals surface area contributed by atoms with E-state index in [1.54, 1.807) is 0 Å². The Morgan fingerprint density at radius 3 is 2.80 bits per heavy atom. The fraction of sp³-hybridized carbons (Fsp3) is 0.571. The molecule has 1 aromatic heterocycles. The summed E-state index contributed by atoms with van der Waals surface area (Å²) >= 11 is 0. The smallest absolute Gasteiger partial charge is 0.305 e. The molecule has 1 saturated heterocycles. The van der Waals surface area contributed by atoms with Crippen LogP contribution in [-0.2, 0) is 6.18 Å². The van der Waals surface area contributed by atoms with Crippen molar-refractivity contribution in [3.05, 3.63) is 29.6 Å². The lowest BCUT2D eigenvalue weighted by atomic mass is 9.83. The van der Waals surface area contributed by atoms with Crippen LogP contribution < -0.4 is 5.32 Å². The number of hydrogen-bond acceptors (Lipinski definition) is 3. The van der Waals surface area contributed by atoms with Crippen LogP contribution in [0, 0.1) is 0 Å². The van der Waals surface area contributed by atoms with Crippen LogP contribution in [0.5, 0.6) is 0 Å². The Labute approximate surface area is 115 Å². The monoisotopic (exact) mass is 286 g/mol. The Hall–Kier alpha value is -1.43. The Kier molecular flexibility index (Phi) is 4.13. The predicted octanol–water partition coefficient (Wildman–Crippen LogP) is 3.21. The molecule has 110 valence electrons. The predicted molar refractivity (Wildman–Crippen MR) is 68.4 cm³/mol. The van der Waals surface area contributed by atoms with Gasteiger partial charge in [0.15, 0.2) is 5.78 Å². The van der Waals surface area contributed by atoms with Crippen molar-refractivity contribution in [2.45, 2.75) is 44.3 Å². The minimum Gasteiger partial charge on any atom is -0.305 e. The van der Waals surface area contributed by atoms with E-state index in [0.29, 0.717) is 19.4 Å². The molecule has 0 spiro atoms. The highest BCUT2D eigenvalue weighted by Crippen LogP contribution is 2.35. The average molecular weight is 286 g/mol. The summed E-state index contributed by atoms with van der Waals surface area (Å²) in [4.78, 5) is 16.3. The first kappa shape index (κ1) is 15.0. The van der Waals surface area contributed by atoms with Crippen LogP contribution in [0.25, 0.3) is 0 Å². The number of nitrogens with zero attached hydrogens (tertiary/aromatic N) is 1. The van der Waals surface area contributed by atoms with Crippen molar-refractivity contribution in [1.82, 2.24) is 10.3 Å². The van der Waals surface area contributed by atoms with E-state index in [9.17, 15) is 18.0 Å². The van der Waals surface area contributed by atoms with Crippen molar-refractivity contribution >= 4 is 5.78 Å². The van der Waals surface area contributed by atoms with Crippen molar-refractivity contribution in [1.29, 1.82) is 0 Å². The third kappa shape index (κ3) is 2.70. The van der Waals surface area contributed by atoms with Gasteiger partial charge in [0, 0.05) is 12.4 Å². The second-order valence-electron chi connectivity index (χ2n) is 5.11. The third-order valence-corrected chi connectivity index (χ3v) is 3.73. The topological polar surface area (TPSA) is 42.0 Å². The van der Waals surface area contributed by atoms with Gasteiger partial charge in [-0.05, 0) is 31.9 Å². The van der Waals surface area contributed by atoms with Crippen LogP contribution in [0.15, 0.2) is 18.5 Å². The van der Waals surface area contributed by atoms with Gasteiger partial charge in [0.25, 0.3) is 0 Å². The summed E-state index contributed by atoms with van der Waals surface area (Å²) in [6.45, 7) is 2.58. The summed E-state index contributed by atoms with van der Waals surface area (Å²) < 4.78 is 39.0. The van der Waals surface area contributed by atoms with E-state index in [0.717, 1.165) is 31.3 Å². The molecule has 0 aliphatic carbocycles. The number of pyridine rings is 1. The fourth-order valence-corrected chi connectivity index (χ4v) is 2.83. The Morgan fingerprint density at radius 1 is 1.50 bits per heavy atom. The first-order valence-electron chi connectivity index (χ1n) is 6.72. The molecule has 3 nitrogen and oxygen atoms in total. The zero-order valence-electron chi connectivity index (χ0n) is 11.3. The second kappa shape index (κ2) is 5.52. The molecule has 6 heteroatoms. The molecule has 1 unspecified atom stereocenters.